The van der Waals surface area contributed by atoms with Crippen molar-refractivity contribution in [2.45, 2.75) is 11.8 Å². The molecule has 17 heavy (non-hydrogen) atoms. The molecule has 94 valence electrons. The highest BCUT2D eigenvalue weighted by Gasteiger charge is 2.21. The highest BCUT2D eigenvalue weighted by Crippen LogP contribution is 2.27. The van der Waals surface area contributed by atoms with Gasteiger partial charge in [0, 0.05) is 34.8 Å². The van der Waals surface area contributed by atoms with Crippen molar-refractivity contribution in [1.29, 1.82) is 0 Å². The van der Waals surface area contributed by atoms with Crippen LogP contribution >= 0.6 is 26.6 Å². The summed E-state index contributed by atoms with van der Waals surface area (Å²) in [7, 11) is 4.64. The molecule has 1 amide bonds. The van der Waals surface area contributed by atoms with Crippen LogP contribution in [0.5, 0.6) is 0 Å². The monoisotopic (exact) mass is 339 g/mol. The van der Waals surface area contributed by atoms with E-state index in [0.29, 0.717) is 15.6 Å². The number of benzene rings is 1. The van der Waals surface area contributed by atoms with Gasteiger partial charge in [0.25, 0.3) is 15.0 Å². The molecule has 0 atom stereocenters. The molecule has 1 rings (SSSR count). The Morgan fingerprint density at radius 2 is 1.88 bits per heavy atom. The molecule has 0 saturated carbocycles. The van der Waals surface area contributed by atoms with Crippen LogP contribution in [0.25, 0.3) is 0 Å². The number of halogens is 2. The van der Waals surface area contributed by atoms with Crippen LogP contribution in [0, 0.1) is 6.92 Å². The molecule has 0 aromatic heterocycles. The zero-order valence-electron chi connectivity index (χ0n) is 9.49. The number of hydrogen-bond acceptors (Lipinski definition) is 3. The molecule has 0 aliphatic carbocycles. The fourth-order valence-electron chi connectivity index (χ4n) is 1.37. The first-order valence-corrected chi connectivity index (χ1v) is 7.71. The van der Waals surface area contributed by atoms with Crippen molar-refractivity contribution in [3.05, 3.63) is 27.7 Å². The second-order valence-electron chi connectivity index (χ2n) is 3.71. The fourth-order valence-corrected chi connectivity index (χ4v) is 3.20. The Morgan fingerprint density at radius 3 is 2.29 bits per heavy atom. The predicted octanol–water partition coefficient (Wildman–Crippen LogP) is 2.39. The van der Waals surface area contributed by atoms with Crippen LogP contribution in [0.1, 0.15) is 15.9 Å². The highest BCUT2D eigenvalue weighted by molar-refractivity contribution is 9.10. The van der Waals surface area contributed by atoms with E-state index in [2.05, 4.69) is 15.9 Å². The summed E-state index contributed by atoms with van der Waals surface area (Å²) in [5.74, 6) is -0.273. The van der Waals surface area contributed by atoms with Crippen molar-refractivity contribution >= 4 is 41.6 Å². The van der Waals surface area contributed by atoms with E-state index >= 15 is 0 Å². The normalized spacial score (nSPS) is 11.4. The molecule has 0 aliphatic rings. The van der Waals surface area contributed by atoms with Crippen LogP contribution in [-0.2, 0) is 9.05 Å². The molecule has 0 radical (unpaired) electrons. The summed E-state index contributed by atoms with van der Waals surface area (Å²) in [5.41, 5.74) is 0.658. The fraction of sp³-hybridized carbons (Fsp3) is 0.300. The van der Waals surface area contributed by atoms with E-state index in [-0.39, 0.29) is 10.8 Å². The summed E-state index contributed by atoms with van der Waals surface area (Å²) >= 11 is 3.16. The summed E-state index contributed by atoms with van der Waals surface area (Å²) in [6.45, 7) is 1.55. The topological polar surface area (TPSA) is 54.5 Å². The first kappa shape index (κ1) is 14.5. The van der Waals surface area contributed by atoms with Gasteiger partial charge in [-0.2, -0.15) is 0 Å². The Hall–Kier alpha value is -0.590. The Kier molecular flexibility index (Phi) is 4.22. The Morgan fingerprint density at radius 1 is 1.35 bits per heavy atom. The second-order valence-corrected chi connectivity index (χ2v) is 7.16. The first-order valence-electron chi connectivity index (χ1n) is 4.61. The first-order chi connectivity index (χ1) is 7.64. The number of carbonyl (C=O) groups excluding carboxylic acids is 1. The number of hydrogen-bond donors (Lipinski definition) is 0. The SMILES string of the molecule is Cc1c(C(=O)N(C)C)cc(Br)cc1S(=O)(=O)Cl. The molecule has 4 nitrogen and oxygen atoms in total. The van der Waals surface area contributed by atoms with Gasteiger partial charge in [-0.1, -0.05) is 15.9 Å². The van der Waals surface area contributed by atoms with Gasteiger partial charge in [-0.3, -0.25) is 4.79 Å². The van der Waals surface area contributed by atoms with Crippen molar-refractivity contribution < 1.29 is 13.2 Å². The standard InChI is InChI=1S/C10H11BrClNO3S/c1-6-8(10(14)13(2)3)4-7(11)5-9(6)17(12,15)16/h4-5H,1-3H3. The third kappa shape index (κ3) is 3.20. The van der Waals surface area contributed by atoms with Crippen molar-refractivity contribution in [1.82, 2.24) is 4.90 Å². The van der Waals surface area contributed by atoms with Gasteiger partial charge < -0.3 is 4.90 Å². The molecule has 0 fully saturated rings. The van der Waals surface area contributed by atoms with Crippen LogP contribution in [0.4, 0.5) is 0 Å². The van der Waals surface area contributed by atoms with Gasteiger partial charge in [-0.05, 0) is 24.6 Å². The molecule has 0 aliphatic heterocycles. The van der Waals surface area contributed by atoms with Gasteiger partial charge in [-0.25, -0.2) is 8.42 Å². The maximum Gasteiger partial charge on any atom is 0.261 e. The molecule has 0 bridgehead atoms. The van der Waals surface area contributed by atoms with Crippen LogP contribution in [-0.4, -0.2) is 33.3 Å². The molecular weight excluding hydrogens is 330 g/mol. The van der Waals surface area contributed by atoms with E-state index < -0.39 is 9.05 Å². The van der Waals surface area contributed by atoms with Crippen molar-refractivity contribution in [2.75, 3.05) is 14.1 Å². The van der Waals surface area contributed by atoms with E-state index in [9.17, 15) is 13.2 Å². The van der Waals surface area contributed by atoms with Gasteiger partial charge >= 0.3 is 0 Å². The maximum atomic E-state index is 11.9. The summed E-state index contributed by atoms with van der Waals surface area (Å²) in [5, 5.41) is 0. The Balaban J connectivity index is 3.56. The second kappa shape index (κ2) is 4.96. The van der Waals surface area contributed by atoms with Crippen LogP contribution in [0.15, 0.2) is 21.5 Å². The van der Waals surface area contributed by atoms with Crippen LogP contribution < -0.4 is 0 Å². The van der Waals surface area contributed by atoms with Crippen molar-refractivity contribution in [2.24, 2.45) is 0 Å². The predicted molar refractivity (Wildman–Crippen MR) is 69.9 cm³/mol. The zero-order chi connectivity index (χ0) is 13.4. The van der Waals surface area contributed by atoms with Gasteiger partial charge in [0.05, 0.1) is 4.90 Å². The lowest BCUT2D eigenvalue weighted by Gasteiger charge is -2.14. The smallest absolute Gasteiger partial charge is 0.261 e. The minimum absolute atomic E-state index is 0.0567. The quantitative estimate of drug-likeness (QED) is 0.777. The van der Waals surface area contributed by atoms with E-state index in [1.54, 1.807) is 27.1 Å². The molecule has 0 heterocycles. The molecule has 0 N–H and O–H groups in total. The summed E-state index contributed by atoms with van der Waals surface area (Å²) in [6.07, 6.45) is 0. The molecule has 1 aromatic rings. The molecule has 1 aromatic carbocycles. The molecule has 7 heteroatoms. The lowest BCUT2D eigenvalue weighted by atomic mass is 10.1. The summed E-state index contributed by atoms with van der Waals surface area (Å²) in [4.78, 5) is 13.2. The number of nitrogens with zero attached hydrogens (tertiary/aromatic N) is 1. The van der Waals surface area contributed by atoms with E-state index in [4.69, 9.17) is 10.7 Å². The largest absolute Gasteiger partial charge is 0.345 e. The van der Waals surface area contributed by atoms with Crippen LogP contribution in [0.3, 0.4) is 0 Å². The highest BCUT2D eigenvalue weighted by atomic mass is 79.9. The molecule has 0 saturated heterocycles. The van der Waals surface area contributed by atoms with Crippen molar-refractivity contribution in [3.8, 4) is 0 Å². The third-order valence-electron chi connectivity index (χ3n) is 2.22. The van der Waals surface area contributed by atoms with Gasteiger partial charge in [-0.15, -0.1) is 0 Å². The third-order valence-corrected chi connectivity index (χ3v) is 4.13. The van der Waals surface area contributed by atoms with Crippen molar-refractivity contribution in [3.63, 3.8) is 0 Å². The number of rotatable bonds is 2. The van der Waals surface area contributed by atoms with Gasteiger partial charge in [0.2, 0.25) is 0 Å². The number of amides is 1. The Labute approximate surface area is 113 Å². The molecule has 0 spiro atoms. The number of carbonyl (C=O) groups is 1. The molecule has 0 unspecified atom stereocenters. The lowest BCUT2D eigenvalue weighted by molar-refractivity contribution is 0.0826. The summed E-state index contributed by atoms with van der Waals surface area (Å²) < 4.78 is 23.2. The van der Waals surface area contributed by atoms with E-state index in [0.717, 1.165) is 0 Å². The average molecular weight is 341 g/mol. The lowest BCUT2D eigenvalue weighted by Crippen LogP contribution is -2.23. The van der Waals surface area contributed by atoms with Gasteiger partial charge in [0.15, 0.2) is 0 Å². The Bertz CT molecular complexity index is 569. The minimum Gasteiger partial charge on any atom is -0.345 e. The van der Waals surface area contributed by atoms with E-state index in [1.165, 1.54) is 11.0 Å². The maximum absolute atomic E-state index is 11.9. The van der Waals surface area contributed by atoms with Gasteiger partial charge in [0.1, 0.15) is 0 Å². The average Bonchev–Trinajstić information content (AvgIpc) is 2.18. The van der Waals surface area contributed by atoms with Crippen LogP contribution in [0.2, 0.25) is 0 Å². The minimum atomic E-state index is -3.87. The van der Waals surface area contributed by atoms with E-state index in [1.807, 2.05) is 0 Å². The zero-order valence-corrected chi connectivity index (χ0v) is 12.6. The summed E-state index contributed by atoms with van der Waals surface area (Å²) in [6, 6.07) is 2.95. The molecular formula is C10H11BrClNO3S.